The number of likely N-dealkylation sites (tertiary alicyclic amines) is 2. The van der Waals surface area contributed by atoms with Gasteiger partial charge in [0, 0.05) is 24.6 Å². The van der Waals surface area contributed by atoms with Gasteiger partial charge in [0.1, 0.15) is 0 Å². The summed E-state index contributed by atoms with van der Waals surface area (Å²) in [5.41, 5.74) is 4.65. The highest BCUT2D eigenvalue weighted by Gasteiger charge is 2.26. The minimum atomic E-state index is 0.0586. The predicted octanol–water partition coefficient (Wildman–Crippen LogP) is 4.56. The van der Waals surface area contributed by atoms with E-state index in [4.69, 9.17) is 4.52 Å². The van der Waals surface area contributed by atoms with Gasteiger partial charge in [-0.3, -0.25) is 14.6 Å². The van der Waals surface area contributed by atoms with Crippen molar-refractivity contribution in [2.24, 2.45) is 5.92 Å². The Kier molecular flexibility index (Phi) is 8.08. The summed E-state index contributed by atoms with van der Waals surface area (Å²) in [5, 5.41) is 7.33. The summed E-state index contributed by atoms with van der Waals surface area (Å²) in [7, 11) is 0. The van der Waals surface area contributed by atoms with E-state index in [1.54, 1.807) is 0 Å². The van der Waals surface area contributed by atoms with Crippen LogP contribution in [-0.4, -0.2) is 52.0 Å². The zero-order valence-electron chi connectivity index (χ0n) is 21.3. The van der Waals surface area contributed by atoms with Crippen molar-refractivity contribution >= 4 is 5.91 Å². The molecule has 0 spiro atoms. The van der Waals surface area contributed by atoms with E-state index < -0.39 is 0 Å². The second kappa shape index (κ2) is 11.8. The number of benzene rings is 2. The van der Waals surface area contributed by atoms with E-state index in [-0.39, 0.29) is 11.8 Å². The van der Waals surface area contributed by atoms with Gasteiger partial charge < -0.3 is 9.84 Å². The third kappa shape index (κ3) is 6.59. The van der Waals surface area contributed by atoms with E-state index in [1.807, 2.05) is 12.1 Å². The number of amides is 1. The van der Waals surface area contributed by atoms with E-state index in [0.29, 0.717) is 24.8 Å². The van der Waals surface area contributed by atoms with E-state index in [9.17, 15) is 4.79 Å². The minimum Gasteiger partial charge on any atom is -0.352 e. The van der Waals surface area contributed by atoms with Gasteiger partial charge in [-0.2, -0.15) is 4.98 Å². The largest absolute Gasteiger partial charge is 0.352 e. The van der Waals surface area contributed by atoms with Gasteiger partial charge in [-0.15, -0.1) is 0 Å². The number of nitrogens with zero attached hydrogens (tertiary/aromatic N) is 4. The van der Waals surface area contributed by atoms with Gasteiger partial charge in [0.05, 0.1) is 6.54 Å². The summed E-state index contributed by atoms with van der Waals surface area (Å²) in [4.78, 5) is 22.2. The molecule has 0 saturated carbocycles. The molecule has 0 radical (unpaired) electrons. The molecule has 0 bridgehead atoms. The highest BCUT2D eigenvalue weighted by atomic mass is 16.5. The highest BCUT2D eigenvalue weighted by molar-refractivity contribution is 5.78. The fourth-order valence-corrected chi connectivity index (χ4v) is 5.31. The Morgan fingerprint density at radius 1 is 0.944 bits per heavy atom. The number of carbonyl (C=O) groups is 1. The molecule has 2 aliphatic rings. The molecule has 7 nitrogen and oxygen atoms in total. The summed E-state index contributed by atoms with van der Waals surface area (Å²) < 4.78 is 5.50. The maximum Gasteiger partial charge on any atom is 0.241 e. The Labute approximate surface area is 213 Å². The van der Waals surface area contributed by atoms with Gasteiger partial charge in [-0.25, -0.2) is 0 Å². The first kappa shape index (κ1) is 24.7. The molecule has 3 aromatic rings. The Bertz CT molecular complexity index is 1150. The van der Waals surface area contributed by atoms with Crippen molar-refractivity contribution in [3.8, 4) is 11.4 Å². The lowest BCUT2D eigenvalue weighted by molar-refractivity contribution is -0.126. The fraction of sp³-hybridized carbons (Fsp3) is 0.483. The lowest BCUT2D eigenvalue weighted by atomic mass is 9.96. The molecule has 2 aromatic carbocycles. The molecule has 2 saturated heterocycles. The zero-order chi connectivity index (χ0) is 24.7. The molecule has 1 N–H and O–H groups in total. The number of rotatable bonds is 8. The van der Waals surface area contributed by atoms with Crippen molar-refractivity contribution in [2.75, 3.05) is 26.2 Å². The number of aromatic nitrogens is 2. The van der Waals surface area contributed by atoms with Crippen molar-refractivity contribution in [1.82, 2.24) is 25.3 Å². The molecule has 0 unspecified atom stereocenters. The second-order valence-corrected chi connectivity index (χ2v) is 10.3. The molecule has 190 valence electrons. The maximum atomic E-state index is 12.8. The number of nitrogens with one attached hydrogen (secondary N) is 1. The van der Waals surface area contributed by atoms with Crippen LogP contribution in [0.5, 0.6) is 0 Å². The van der Waals surface area contributed by atoms with Crippen molar-refractivity contribution in [2.45, 2.75) is 58.7 Å². The molecule has 2 aliphatic heterocycles. The average molecular weight is 488 g/mol. The molecule has 7 heteroatoms. The maximum absolute atomic E-state index is 12.8. The monoisotopic (exact) mass is 487 g/mol. The van der Waals surface area contributed by atoms with E-state index in [2.05, 4.69) is 68.6 Å². The number of aryl methyl sites for hydroxylation is 1. The van der Waals surface area contributed by atoms with Crippen LogP contribution in [-0.2, 0) is 24.4 Å². The van der Waals surface area contributed by atoms with Gasteiger partial charge in [-0.05, 0) is 76.0 Å². The van der Waals surface area contributed by atoms with Gasteiger partial charge in [0.15, 0.2) is 0 Å². The number of hydrogen-bond donors (Lipinski definition) is 1. The minimum absolute atomic E-state index is 0.0586. The summed E-state index contributed by atoms with van der Waals surface area (Å²) in [6.07, 6.45) is 5.66. The molecule has 36 heavy (non-hydrogen) atoms. The third-order valence-electron chi connectivity index (χ3n) is 7.37. The van der Waals surface area contributed by atoms with Gasteiger partial charge >= 0.3 is 0 Å². The molecule has 0 aliphatic carbocycles. The van der Waals surface area contributed by atoms with Crippen LogP contribution in [0, 0.1) is 12.8 Å². The van der Waals surface area contributed by atoms with Crippen molar-refractivity contribution < 1.29 is 9.32 Å². The van der Waals surface area contributed by atoms with Crippen LogP contribution in [0.25, 0.3) is 11.4 Å². The third-order valence-corrected chi connectivity index (χ3v) is 7.37. The summed E-state index contributed by atoms with van der Waals surface area (Å²) in [6, 6.07) is 16.8. The fourth-order valence-electron chi connectivity index (χ4n) is 5.31. The van der Waals surface area contributed by atoms with Crippen LogP contribution in [0.1, 0.15) is 54.7 Å². The van der Waals surface area contributed by atoms with E-state index in [1.165, 1.54) is 49.0 Å². The first-order valence-corrected chi connectivity index (χ1v) is 13.3. The zero-order valence-corrected chi connectivity index (χ0v) is 21.3. The standard InChI is InChI=1S/C29H37N5O2/c1-22-7-5-10-26(17-22)28-31-27(36-32-28)21-34-15-11-25(12-16-34)29(35)30-19-23-8-6-9-24(18-23)20-33-13-3-2-4-14-33/h5-10,17-18,25H,2-4,11-16,19-21H2,1H3,(H,30,35). The number of piperidine rings is 2. The molecule has 5 rings (SSSR count). The van der Waals surface area contributed by atoms with Crippen LogP contribution in [0.3, 0.4) is 0 Å². The lowest BCUT2D eigenvalue weighted by Gasteiger charge is -2.30. The Balaban J connectivity index is 1.06. The average Bonchev–Trinajstić information content (AvgIpc) is 3.37. The Morgan fingerprint density at radius 2 is 1.69 bits per heavy atom. The van der Waals surface area contributed by atoms with Crippen LogP contribution < -0.4 is 5.32 Å². The first-order chi connectivity index (χ1) is 17.6. The van der Waals surface area contributed by atoms with Gasteiger partial charge in [0.2, 0.25) is 17.6 Å². The van der Waals surface area contributed by atoms with Crippen LogP contribution in [0.2, 0.25) is 0 Å². The molecule has 1 aromatic heterocycles. The van der Waals surface area contributed by atoms with Crippen molar-refractivity contribution in [3.05, 3.63) is 71.1 Å². The highest BCUT2D eigenvalue weighted by Crippen LogP contribution is 2.21. The lowest BCUT2D eigenvalue weighted by Crippen LogP contribution is -2.40. The Hall–Kier alpha value is -3.03. The SMILES string of the molecule is Cc1cccc(-c2noc(CN3CCC(C(=O)NCc4cccc(CN5CCCCC5)c4)CC3)n2)c1. The topological polar surface area (TPSA) is 74.5 Å². The van der Waals surface area contributed by atoms with E-state index >= 15 is 0 Å². The number of hydrogen-bond acceptors (Lipinski definition) is 6. The summed E-state index contributed by atoms with van der Waals surface area (Å²) >= 11 is 0. The Morgan fingerprint density at radius 3 is 2.50 bits per heavy atom. The van der Waals surface area contributed by atoms with Crippen molar-refractivity contribution in [1.29, 1.82) is 0 Å². The molecule has 3 heterocycles. The van der Waals surface area contributed by atoms with Gasteiger partial charge in [0.25, 0.3) is 0 Å². The second-order valence-electron chi connectivity index (χ2n) is 10.3. The molecule has 0 atom stereocenters. The quantitative estimate of drug-likeness (QED) is 0.502. The molecular formula is C29H37N5O2. The number of carbonyl (C=O) groups excluding carboxylic acids is 1. The van der Waals surface area contributed by atoms with Gasteiger partial charge in [-0.1, -0.05) is 59.6 Å². The smallest absolute Gasteiger partial charge is 0.241 e. The summed E-state index contributed by atoms with van der Waals surface area (Å²) in [5.74, 6) is 1.47. The first-order valence-electron chi connectivity index (χ1n) is 13.3. The van der Waals surface area contributed by atoms with Crippen molar-refractivity contribution in [3.63, 3.8) is 0 Å². The van der Waals surface area contributed by atoms with Crippen LogP contribution >= 0.6 is 0 Å². The summed E-state index contributed by atoms with van der Waals surface area (Å²) in [6.45, 7) is 8.37. The predicted molar refractivity (Wildman–Crippen MR) is 140 cm³/mol. The normalized spacial score (nSPS) is 17.8. The van der Waals surface area contributed by atoms with Crippen LogP contribution in [0.4, 0.5) is 0 Å². The molecule has 1 amide bonds. The van der Waals surface area contributed by atoms with E-state index in [0.717, 1.165) is 38.0 Å². The van der Waals surface area contributed by atoms with Crippen LogP contribution in [0.15, 0.2) is 53.1 Å². The molecule has 2 fully saturated rings. The molecular weight excluding hydrogens is 450 g/mol.